The maximum absolute atomic E-state index is 12.5. The van der Waals surface area contributed by atoms with Gasteiger partial charge in [0.05, 0.1) is 12.1 Å². The Kier molecular flexibility index (Phi) is 3.35. The van der Waals surface area contributed by atoms with Crippen LogP contribution in [0.4, 0.5) is 0 Å². The van der Waals surface area contributed by atoms with Crippen LogP contribution in [0.15, 0.2) is 24.3 Å². The van der Waals surface area contributed by atoms with Crippen LogP contribution in [0.1, 0.15) is 43.7 Å². The van der Waals surface area contributed by atoms with Gasteiger partial charge in [-0.25, -0.2) is 0 Å². The summed E-state index contributed by atoms with van der Waals surface area (Å²) in [7, 11) is 0. The van der Waals surface area contributed by atoms with E-state index in [1.165, 1.54) is 0 Å². The molecule has 1 heterocycles. The van der Waals surface area contributed by atoms with E-state index in [-0.39, 0.29) is 11.9 Å². The second-order valence-corrected chi connectivity index (χ2v) is 5.63. The number of hydrogen-bond acceptors (Lipinski definition) is 3. The average molecular weight is 270 g/mol. The number of rotatable bonds is 2. The van der Waals surface area contributed by atoms with Gasteiger partial charge < -0.3 is 10.1 Å². The maximum atomic E-state index is 12.5. The summed E-state index contributed by atoms with van der Waals surface area (Å²) in [6.07, 6.45) is 4.37. The normalized spacial score (nSPS) is 23.2. The average Bonchev–Trinajstić information content (AvgIpc) is 2.91. The first kappa shape index (κ1) is 13.0. The molecule has 0 radical (unpaired) electrons. The standard InChI is InChI=1S/C16H18N2O2/c17-11-16(8-4-1-5-9-16)15(19)18-13-10-20-14-7-3-2-6-12(13)14/h2-3,6-7,13H,1,4-5,8-10H2,(H,18,19). The molecule has 1 aromatic rings. The lowest BCUT2D eigenvalue weighted by molar-refractivity contribution is -0.130. The van der Waals surface area contributed by atoms with E-state index in [2.05, 4.69) is 11.4 Å². The second-order valence-electron chi connectivity index (χ2n) is 5.63. The van der Waals surface area contributed by atoms with Crippen LogP contribution in [0.3, 0.4) is 0 Å². The molecule has 1 saturated carbocycles. The fourth-order valence-electron chi connectivity index (χ4n) is 3.12. The van der Waals surface area contributed by atoms with Crippen LogP contribution < -0.4 is 10.1 Å². The molecule has 1 N–H and O–H groups in total. The lowest BCUT2D eigenvalue weighted by atomic mass is 9.74. The van der Waals surface area contributed by atoms with Crippen molar-refractivity contribution in [2.24, 2.45) is 5.41 Å². The maximum Gasteiger partial charge on any atom is 0.241 e. The van der Waals surface area contributed by atoms with Crippen molar-refractivity contribution in [3.8, 4) is 11.8 Å². The zero-order valence-corrected chi connectivity index (χ0v) is 11.4. The molecule has 1 atom stereocenters. The quantitative estimate of drug-likeness (QED) is 0.898. The number of fused-ring (bicyclic) bond motifs is 1. The largest absolute Gasteiger partial charge is 0.491 e. The Labute approximate surface area is 118 Å². The van der Waals surface area contributed by atoms with Gasteiger partial charge in [0.1, 0.15) is 17.8 Å². The number of para-hydroxylation sites is 1. The molecule has 0 aromatic heterocycles. The van der Waals surface area contributed by atoms with Crippen molar-refractivity contribution in [2.75, 3.05) is 6.61 Å². The molecule has 1 unspecified atom stereocenters. The molecule has 0 bridgehead atoms. The third-order valence-corrected chi connectivity index (χ3v) is 4.36. The van der Waals surface area contributed by atoms with Crippen LogP contribution in [0, 0.1) is 16.7 Å². The van der Waals surface area contributed by atoms with Crippen molar-refractivity contribution in [3.05, 3.63) is 29.8 Å². The highest BCUT2D eigenvalue weighted by Crippen LogP contribution is 2.38. The molecule has 1 aliphatic carbocycles. The van der Waals surface area contributed by atoms with Crippen LogP contribution in [0.25, 0.3) is 0 Å². The Balaban J connectivity index is 1.75. The summed E-state index contributed by atoms with van der Waals surface area (Å²) in [5, 5.41) is 12.4. The first-order chi connectivity index (χ1) is 9.75. The molecule has 1 aromatic carbocycles. The molecule has 3 rings (SSSR count). The second kappa shape index (κ2) is 5.16. The van der Waals surface area contributed by atoms with Crippen LogP contribution in [0.2, 0.25) is 0 Å². The van der Waals surface area contributed by atoms with Gasteiger partial charge in [0, 0.05) is 5.56 Å². The zero-order chi connectivity index (χ0) is 14.0. The van der Waals surface area contributed by atoms with E-state index in [4.69, 9.17) is 4.74 Å². The highest BCUT2D eigenvalue weighted by Gasteiger charge is 2.41. The van der Waals surface area contributed by atoms with Crippen molar-refractivity contribution < 1.29 is 9.53 Å². The highest BCUT2D eigenvalue weighted by atomic mass is 16.5. The summed E-state index contributed by atoms with van der Waals surface area (Å²) in [5.74, 6) is 0.692. The van der Waals surface area contributed by atoms with E-state index in [1.54, 1.807) is 0 Å². The van der Waals surface area contributed by atoms with Crippen LogP contribution in [-0.4, -0.2) is 12.5 Å². The number of hydrogen-bond donors (Lipinski definition) is 1. The van der Waals surface area contributed by atoms with E-state index in [0.29, 0.717) is 19.4 Å². The third-order valence-electron chi connectivity index (χ3n) is 4.36. The van der Waals surface area contributed by atoms with Gasteiger partial charge >= 0.3 is 0 Å². The summed E-state index contributed by atoms with van der Waals surface area (Å²) < 4.78 is 5.57. The Morgan fingerprint density at radius 2 is 2.05 bits per heavy atom. The summed E-state index contributed by atoms with van der Waals surface area (Å²) in [5.41, 5.74) is 0.167. The van der Waals surface area contributed by atoms with Gasteiger partial charge in [0.25, 0.3) is 0 Å². The molecule has 1 fully saturated rings. The topological polar surface area (TPSA) is 62.1 Å². The first-order valence-electron chi connectivity index (χ1n) is 7.19. The van der Waals surface area contributed by atoms with Crippen LogP contribution >= 0.6 is 0 Å². The molecule has 104 valence electrons. The zero-order valence-electron chi connectivity index (χ0n) is 11.4. The van der Waals surface area contributed by atoms with E-state index >= 15 is 0 Å². The minimum Gasteiger partial charge on any atom is -0.491 e. The Morgan fingerprint density at radius 3 is 2.80 bits per heavy atom. The molecule has 4 nitrogen and oxygen atoms in total. The number of ether oxygens (including phenoxy) is 1. The third kappa shape index (κ3) is 2.14. The lowest BCUT2D eigenvalue weighted by Gasteiger charge is -2.30. The molecule has 2 aliphatic rings. The van der Waals surface area contributed by atoms with Gasteiger partial charge in [-0.1, -0.05) is 37.5 Å². The van der Waals surface area contributed by atoms with Crippen molar-refractivity contribution in [1.29, 1.82) is 5.26 Å². The van der Waals surface area contributed by atoms with E-state index in [1.807, 2.05) is 24.3 Å². The van der Waals surface area contributed by atoms with E-state index in [0.717, 1.165) is 30.6 Å². The number of amides is 1. The van der Waals surface area contributed by atoms with Crippen molar-refractivity contribution in [2.45, 2.75) is 38.1 Å². The summed E-state index contributed by atoms with van der Waals surface area (Å²) in [6.45, 7) is 0.451. The van der Waals surface area contributed by atoms with Crippen molar-refractivity contribution >= 4 is 5.91 Å². The Hall–Kier alpha value is -2.02. The minimum atomic E-state index is -0.838. The Morgan fingerprint density at radius 1 is 1.30 bits per heavy atom. The first-order valence-corrected chi connectivity index (χ1v) is 7.19. The SMILES string of the molecule is N#CC1(C(=O)NC2COc3ccccc32)CCCCC1. The number of carbonyl (C=O) groups is 1. The minimum absolute atomic E-state index is 0.133. The van der Waals surface area contributed by atoms with Gasteiger partial charge in [-0.05, 0) is 18.9 Å². The Bertz CT molecular complexity index is 556. The van der Waals surface area contributed by atoms with Crippen LogP contribution in [0.5, 0.6) is 5.75 Å². The van der Waals surface area contributed by atoms with Gasteiger partial charge in [-0.2, -0.15) is 5.26 Å². The predicted octanol–water partition coefficient (Wildman–Crippen LogP) is 2.71. The van der Waals surface area contributed by atoms with Gasteiger partial charge in [-0.15, -0.1) is 0 Å². The lowest BCUT2D eigenvalue weighted by Crippen LogP contribution is -2.43. The summed E-state index contributed by atoms with van der Waals surface area (Å²) in [4.78, 5) is 12.5. The monoisotopic (exact) mass is 270 g/mol. The molecule has 1 aliphatic heterocycles. The number of nitriles is 1. The molecule has 0 saturated heterocycles. The fraction of sp³-hybridized carbons (Fsp3) is 0.500. The number of benzene rings is 1. The molecule has 1 amide bonds. The van der Waals surface area contributed by atoms with Gasteiger partial charge in [0.2, 0.25) is 5.91 Å². The van der Waals surface area contributed by atoms with Gasteiger partial charge in [0.15, 0.2) is 0 Å². The summed E-state index contributed by atoms with van der Waals surface area (Å²) >= 11 is 0. The number of carbonyl (C=O) groups excluding carboxylic acids is 1. The molecular formula is C16H18N2O2. The fourth-order valence-corrected chi connectivity index (χ4v) is 3.12. The highest BCUT2D eigenvalue weighted by molar-refractivity contribution is 5.86. The number of nitrogens with zero attached hydrogens (tertiary/aromatic N) is 1. The smallest absolute Gasteiger partial charge is 0.241 e. The van der Waals surface area contributed by atoms with E-state index in [9.17, 15) is 10.1 Å². The summed E-state index contributed by atoms with van der Waals surface area (Å²) in [6, 6.07) is 9.85. The molecular weight excluding hydrogens is 252 g/mol. The molecule has 20 heavy (non-hydrogen) atoms. The van der Waals surface area contributed by atoms with E-state index < -0.39 is 5.41 Å². The number of nitrogens with one attached hydrogen (secondary N) is 1. The molecule has 0 spiro atoms. The molecule has 4 heteroatoms. The predicted molar refractivity (Wildman–Crippen MR) is 74.0 cm³/mol. The van der Waals surface area contributed by atoms with Gasteiger partial charge in [-0.3, -0.25) is 4.79 Å². The van der Waals surface area contributed by atoms with Crippen molar-refractivity contribution in [3.63, 3.8) is 0 Å². The van der Waals surface area contributed by atoms with Crippen molar-refractivity contribution in [1.82, 2.24) is 5.32 Å². The van der Waals surface area contributed by atoms with Crippen LogP contribution in [-0.2, 0) is 4.79 Å².